The maximum atomic E-state index is 12.3. The number of urea groups is 1. The quantitative estimate of drug-likeness (QED) is 0.857. The van der Waals surface area contributed by atoms with Gasteiger partial charge in [-0.15, -0.1) is 0 Å². The second-order valence-corrected chi connectivity index (χ2v) is 6.82. The van der Waals surface area contributed by atoms with E-state index in [4.69, 9.17) is 4.74 Å². The molecule has 0 atom stereocenters. The molecule has 2 heterocycles. The molecule has 0 saturated carbocycles. The molecule has 7 heteroatoms. The van der Waals surface area contributed by atoms with E-state index in [1.807, 2.05) is 34.9 Å². The van der Waals surface area contributed by atoms with Gasteiger partial charge in [-0.05, 0) is 36.6 Å². The zero-order valence-corrected chi connectivity index (χ0v) is 14.0. The van der Waals surface area contributed by atoms with E-state index >= 15 is 0 Å². The van der Waals surface area contributed by atoms with E-state index in [0.29, 0.717) is 6.54 Å². The minimum Gasteiger partial charge on any atom is -0.452 e. The summed E-state index contributed by atoms with van der Waals surface area (Å²) >= 11 is 1.88. The Hall–Kier alpha value is -1.89. The Morgan fingerprint density at radius 1 is 1.22 bits per heavy atom. The lowest BCUT2D eigenvalue weighted by Gasteiger charge is -2.29. The van der Waals surface area contributed by atoms with Crippen LogP contribution in [0.1, 0.15) is 12.0 Å². The molecule has 0 radical (unpaired) electrons. The Balaban J connectivity index is 1.73. The van der Waals surface area contributed by atoms with Crippen molar-refractivity contribution in [3.05, 3.63) is 23.8 Å². The van der Waals surface area contributed by atoms with Crippen molar-refractivity contribution >= 4 is 35.3 Å². The van der Waals surface area contributed by atoms with Crippen molar-refractivity contribution in [3.8, 4) is 0 Å². The maximum absolute atomic E-state index is 12.3. The van der Waals surface area contributed by atoms with Gasteiger partial charge in [0.2, 0.25) is 0 Å². The van der Waals surface area contributed by atoms with E-state index in [-0.39, 0.29) is 12.1 Å². The molecule has 0 aromatic heterocycles. The third-order valence-electron chi connectivity index (χ3n) is 4.14. The molecule has 3 amide bonds. The molecule has 0 bridgehead atoms. The van der Waals surface area contributed by atoms with Gasteiger partial charge in [-0.2, -0.15) is 11.8 Å². The summed E-state index contributed by atoms with van der Waals surface area (Å²) in [6.07, 6.45) is 1.45. The molecule has 1 aromatic carbocycles. The SMILES string of the molecule is COC(=O)N1CCCc2cc(NC(=O)N3CCSCC3)ccc21. The van der Waals surface area contributed by atoms with Crippen molar-refractivity contribution in [1.29, 1.82) is 0 Å². The molecule has 2 aliphatic heterocycles. The Morgan fingerprint density at radius 3 is 2.74 bits per heavy atom. The summed E-state index contributed by atoms with van der Waals surface area (Å²) in [6.45, 7) is 2.24. The number of hydrogen-bond acceptors (Lipinski definition) is 4. The zero-order chi connectivity index (χ0) is 16.2. The van der Waals surface area contributed by atoms with Crippen LogP contribution in [0.25, 0.3) is 0 Å². The van der Waals surface area contributed by atoms with Gasteiger partial charge in [-0.3, -0.25) is 4.90 Å². The molecule has 0 aliphatic carbocycles. The third kappa shape index (κ3) is 3.55. The molecule has 124 valence electrons. The zero-order valence-electron chi connectivity index (χ0n) is 13.2. The number of ether oxygens (including phenoxy) is 1. The van der Waals surface area contributed by atoms with Gasteiger partial charge in [0.15, 0.2) is 0 Å². The average Bonchev–Trinajstić information content (AvgIpc) is 2.61. The Kier molecular flexibility index (Phi) is 4.95. The molecule has 3 rings (SSSR count). The van der Waals surface area contributed by atoms with Crippen molar-refractivity contribution in [2.45, 2.75) is 12.8 Å². The summed E-state index contributed by atoms with van der Waals surface area (Å²) in [5.74, 6) is 1.98. The van der Waals surface area contributed by atoms with Crippen LogP contribution < -0.4 is 10.2 Å². The molecule has 1 fully saturated rings. The van der Waals surface area contributed by atoms with E-state index in [0.717, 1.165) is 54.4 Å². The van der Waals surface area contributed by atoms with Crippen LogP contribution in [0.3, 0.4) is 0 Å². The summed E-state index contributed by atoms with van der Waals surface area (Å²) in [7, 11) is 1.39. The number of benzene rings is 1. The number of fused-ring (bicyclic) bond motifs is 1. The van der Waals surface area contributed by atoms with Crippen LogP contribution in [-0.2, 0) is 11.2 Å². The molecule has 23 heavy (non-hydrogen) atoms. The molecular formula is C16H21N3O3S. The summed E-state index contributed by atoms with van der Waals surface area (Å²) in [6, 6.07) is 5.64. The predicted molar refractivity (Wildman–Crippen MR) is 92.4 cm³/mol. The first kappa shape index (κ1) is 16.0. The van der Waals surface area contributed by atoms with Crippen LogP contribution in [-0.4, -0.2) is 55.3 Å². The second-order valence-electron chi connectivity index (χ2n) is 5.60. The lowest BCUT2D eigenvalue weighted by Crippen LogP contribution is -2.40. The number of hydrogen-bond donors (Lipinski definition) is 1. The average molecular weight is 335 g/mol. The molecule has 1 aromatic rings. The largest absolute Gasteiger partial charge is 0.452 e. The lowest BCUT2D eigenvalue weighted by atomic mass is 10.0. The van der Waals surface area contributed by atoms with Crippen molar-refractivity contribution < 1.29 is 14.3 Å². The van der Waals surface area contributed by atoms with E-state index in [1.54, 1.807) is 4.90 Å². The van der Waals surface area contributed by atoms with E-state index in [9.17, 15) is 9.59 Å². The number of aryl methyl sites for hydroxylation is 1. The number of nitrogens with zero attached hydrogens (tertiary/aromatic N) is 2. The van der Waals surface area contributed by atoms with Crippen LogP contribution in [0, 0.1) is 0 Å². The van der Waals surface area contributed by atoms with Gasteiger partial charge in [-0.1, -0.05) is 0 Å². The van der Waals surface area contributed by atoms with Gasteiger partial charge in [0, 0.05) is 36.8 Å². The molecule has 2 aliphatic rings. The monoisotopic (exact) mass is 335 g/mol. The second kappa shape index (κ2) is 7.12. The Bertz CT molecular complexity index is 602. The van der Waals surface area contributed by atoms with E-state index < -0.39 is 0 Å². The van der Waals surface area contributed by atoms with Crippen LogP contribution in [0.2, 0.25) is 0 Å². The Morgan fingerprint density at radius 2 is 2.00 bits per heavy atom. The van der Waals surface area contributed by atoms with Crippen molar-refractivity contribution in [3.63, 3.8) is 0 Å². The first-order valence-corrected chi connectivity index (χ1v) is 8.96. The standard InChI is InChI=1S/C16H21N3O3S/c1-22-16(21)19-6-2-3-12-11-13(4-5-14(12)19)17-15(20)18-7-9-23-10-8-18/h4-5,11H,2-3,6-10H2,1H3,(H,17,20). The number of methoxy groups -OCH3 is 1. The molecular weight excluding hydrogens is 314 g/mol. The molecule has 6 nitrogen and oxygen atoms in total. The van der Waals surface area contributed by atoms with Gasteiger partial charge in [0.1, 0.15) is 0 Å². The number of carbonyl (C=O) groups excluding carboxylic acids is 2. The minimum atomic E-state index is -0.339. The number of rotatable bonds is 1. The molecule has 0 spiro atoms. The number of amides is 3. The van der Waals surface area contributed by atoms with Gasteiger partial charge in [0.25, 0.3) is 0 Å². The van der Waals surface area contributed by atoms with Crippen molar-refractivity contribution in [1.82, 2.24) is 4.90 Å². The van der Waals surface area contributed by atoms with Crippen LogP contribution in [0.5, 0.6) is 0 Å². The highest BCUT2D eigenvalue weighted by Crippen LogP contribution is 2.30. The fraction of sp³-hybridized carbons (Fsp3) is 0.500. The highest BCUT2D eigenvalue weighted by Gasteiger charge is 2.24. The van der Waals surface area contributed by atoms with Gasteiger partial charge < -0.3 is 15.0 Å². The summed E-state index contributed by atoms with van der Waals surface area (Å²) in [5, 5.41) is 2.96. The van der Waals surface area contributed by atoms with Crippen LogP contribution in [0.4, 0.5) is 21.0 Å². The number of thioether (sulfide) groups is 1. The fourth-order valence-electron chi connectivity index (χ4n) is 2.94. The van der Waals surface area contributed by atoms with Gasteiger partial charge in [0.05, 0.1) is 12.8 Å². The number of nitrogens with one attached hydrogen (secondary N) is 1. The first-order chi connectivity index (χ1) is 11.2. The Labute approximate surface area is 140 Å². The minimum absolute atomic E-state index is 0.0501. The summed E-state index contributed by atoms with van der Waals surface area (Å²) in [5.41, 5.74) is 2.71. The van der Waals surface area contributed by atoms with E-state index in [2.05, 4.69) is 5.32 Å². The normalized spacial score (nSPS) is 17.4. The van der Waals surface area contributed by atoms with Gasteiger partial charge in [-0.25, -0.2) is 9.59 Å². The van der Waals surface area contributed by atoms with Gasteiger partial charge >= 0.3 is 12.1 Å². The first-order valence-electron chi connectivity index (χ1n) is 7.81. The molecule has 1 N–H and O–H groups in total. The van der Waals surface area contributed by atoms with Crippen LogP contribution in [0.15, 0.2) is 18.2 Å². The summed E-state index contributed by atoms with van der Waals surface area (Å²) in [4.78, 5) is 27.6. The van der Waals surface area contributed by atoms with E-state index in [1.165, 1.54) is 7.11 Å². The highest BCUT2D eigenvalue weighted by atomic mass is 32.2. The lowest BCUT2D eigenvalue weighted by molar-refractivity contribution is 0.178. The number of carbonyl (C=O) groups is 2. The molecule has 0 unspecified atom stereocenters. The topological polar surface area (TPSA) is 61.9 Å². The third-order valence-corrected chi connectivity index (χ3v) is 5.09. The van der Waals surface area contributed by atoms with Crippen molar-refractivity contribution in [2.24, 2.45) is 0 Å². The van der Waals surface area contributed by atoms with Crippen LogP contribution >= 0.6 is 11.8 Å². The predicted octanol–water partition coefficient (Wildman–Crippen LogP) is 2.79. The van der Waals surface area contributed by atoms with Crippen molar-refractivity contribution in [2.75, 3.05) is 48.5 Å². The fourth-order valence-corrected chi connectivity index (χ4v) is 3.85. The maximum Gasteiger partial charge on any atom is 0.414 e. The number of anilines is 2. The molecule has 1 saturated heterocycles. The smallest absolute Gasteiger partial charge is 0.414 e. The highest BCUT2D eigenvalue weighted by molar-refractivity contribution is 7.99. The summed E-state index contributed by atoms with van der Waals surface area (Å²) < 4.78 is 4.83.